The molecular formula is C17H22N4O3S2. The lowest BCUT2D eigenvalue weighted by Crippen LogP contribution is -2.47. The Balaban J connectivity index is 1.53. The van der Waals surface area contributed by atoms with Gasteiger partial charge in [0, 0.05) is 24.5 Å². The molecule has 0 aliphatic carbocycles. The van der Waals surface area contributed by atoms with Gasteiger partial charge in [0.05, 0.1) is 10.6 Å². The molecule has 3 rings (SSSR count). The molecule has 26 heavy (non-hydrogen) atoms. The summed E-state index contributed by atoms with van der Waals surface area (Å²) in [6.07, 6.45) is 1.16. The number of benzene rings is 1. The molecule has 0 unspecified atom stereocenters. The van der Waals surface area contributed by atoms with Gasteiger partial charge in [-0.2, -0.15) is 4.31 Å². The fraction of sp³-hybridized carbons (Fsp3) is 0.412. The van der Waals surface area contributed by atoms with Crippen molar-refractivity contribution in [3.8, 4) is 0 Å². The van der Waals surface area contributed by atoms with Crippen LogP contribution in [0, 0.1) is 13.8 Å². The highest BCUT2D eigenvalue weighted by molar-refractivity contribution is 7.89. The normalized spacial score (nSPS) is 16.4. The Bertz CT molecular complexity index is 870. The van der Waals surface area contributed by atoms with Crippen molar-refractivity contribution in [2.45, 2.75) is 37.6 Å². The standard InChI is InChI=1S/C17H22N4O3S2/c1-12-3-5-15(6-4-12)26(23,24)21-9-7-14(8-10-21)19-16(22)20-17-18-13(2)11-25-17/h3-6,11,14H,7-10H2,1-2H3,(H2,18,19,20,22). The Hall–Kier alpha value is -1.97. The number of piperidine rings is 1. The van der Waals surface area contributed by atoms with Crippen molar-refractivity contribution >= 4 is 32.5 Å². The lowest BCUT2D eigenvalue weighted by molar-refractivity contribution is 0.238. The fourth-order valence-electron chi connectivity index (χ4n) is 2.83. The second-order valence-electron chi connectivity index (χ2n) is 6.38. The van der Waals surface area contributed by atoms with Crippen LogP contribution >= 0.6 is 11.3 Å². The number of aryl methyl sites for hydroxylation is 2. The van der Waals surface area contributed by atoms with Crippen molar-refractivity contribution in [3.63, 3.8) is 0 Å². The maximum Gasteiger partial charge on any atom is 0.321 e. The first kappa shape index (κ1) is 18.8. The predicted octanol–water partition coefficient (Wildman–Crippen LogP) is 2.73. The Morgan fingerprint density at radius 2 is 1.85 bits per heavy atom. The molecule has 1 aliphatic rings. The lowest BCUT2D eigenvalue weighted by Gasteiger charge is -2.31. The van der Waals surface area contributed by atoms with Crippen LogP contribution in [0.25, 0.3) is 0 Å². The van der Waals surface area contributed by atoms with E-state index in [9.17, 15) is 13.2 Å². The van der Waals surface area contributed by atoms with Crippen LogP contribution in [0.15, 0.2) is 34.5 Å². The highest BCUT2D eigenvalue weighted by atomic mass is 32.2. The summed E-state index contributed by atoms with van der Waals surface area (Å²) in [5.41, 5.74) is 1.88. The van der Waals surface area contributed by atoms with Gasteiger partial charge in [-0.3, -0.25) is 5.32 Å². The number of aromatic nitrogens is 1. The van der Waals surface area contributed by atoms with Gasteiger partial charge >= 0.3 is 6.03 Å². The average molecular weight is 395 g/mol. The predicted molar refractivity (Wildman–Crippen MR) is 102 cm³/mol. The minimum Gasteiger partial charge on any atom is -0.335 e. The number of thiazole rings is 1. The van der Waals surface area contributed by atoms with E-state index in [4.69, 9.17) is 0 Å². The van der Waals surface area contributed by atoms with E-state index in [-0.39, 0.29) is 12.1 Å². The summed E-state index contributed by atoms with van der Waals surface area (Å²) in [5, 5.41) is 8.02. The molecule has 1 aromatic heterocycles. The van der Waals surface area contributed by atoms with E-state index in [1.165, 1.54) is 15.6 Å². The summed E-state index contributed by atoms with van der Waals surface area (Å²) in [4.78, 5) is 16.5. The maximum atomic E-state index is 12.7. The molecule has 2 amide bonds. The van der Waals surface area contributed by atoms with Gasteiger partial charge in [-0.05, 0) is 38.8 Å². The van der Waals surface area contributed by atoms with E-state index >= 15 is 0 Å². The summed E-state index contributed by atoms with van der Waals surface area (Å²) in [6, 6.07) is 6.51. The molecule has 1 aromatic carbocycles. The number of sulfonamides is 1. The van der Waals surface area contributed by atoms with Crippen LogP contribution in [0.1, 0.15) is 24.1 Å². The van der Waals surface area contributed by atoms with E-state index in [1.807, 2.05) is 19.2 Å². The largest absolute Gasteiger partial charge is 0.335 e. The van der Waals surface area contributed by atoms with Gasteiger partial charge in [0.25, 0.3) is 0 Å². The monoisotopic (exact) mass is 394 g/mol. The van der Waals surface area contributed by atoms with Crippen LogP contribution < -0.4 is 10.6 Å². The van der Waals surface area contributed by atoms with E-state index in [0.29, 0.717) is 36.0 Å². The van der Waals surface area contributed by atoms with Crippen LogP contribution in [0.3, 0.4) is 0 Å². The Morgan fingerprint density at radius 1 is 1.19 bits per heavy atom. The van der Waals surface area contributed by atoms with Crippen LogP contribution in [0.5, 0.6) is 0 Å². The number of hydrogen-bond donors (Lipinski definition) is 2. The molecule has 0 radical (unpaired) electrons. The third-order valence-corrected chi connectivity index (χ3v) is 7.08. The molecule has 0 saturated carbocycles. The number of anilines is 1. The topological polar surface area (TPSA) is 91.4 Å². The SMILES string of the molecule is Cc1ccc(S(=O)(=O)N2CCC(NC(=O)Nc3nc(C)cs3)CC2)cc1. The van der Waals surface area contributed by atoms with Crippen molar-refractivity contribution in [3.05, 3.63) is 40.9 Å². The number of carbonyl (C=O) groups excluding carboxylic acids is 1. The molecule has 7 nitrogen and oxygen atoms in total. The molecule has 1 fully saturated rings. The summed E-state index contributed by atoms with van der Waals surface area (Å²) < 4.78 is 26.9. The van der Waals surface area contributed by atoms with Gasteiger partial charge in [-0.1, -0.05) is 17.7 Å². The summed E-state index contributed by atoms with van der Waals surface area (Å²) in [7, 11) is -3.48. The summed E-state index contributed by atoms with van der Waals surface area (Å²) in [5.74, 6) is 0. The molecule has 0 bridgehead atoms. The van der Waals surface area contributed by atoms with E-state index in [0.717, 1.165) is 11.3 Å². The van der Waals surface area contributed by atoms with Crippen LogP contribution in [-0.2, 0) is 10.0 Å². The zero-order valence-electron chi connectivity index (χ0n) is 14.7. The average Bonchev–Trinajstić information content (AvgIpc) is 3.00. The summed E-state index contributed by atoms with van der Waals surface area (Å²) in [6.45, 7) is 4.56. The molecule has 140 valence electrons. The second kappa shape index (κ2) is 7.73. The van der Waals surface area contributed by atoms with Crippen LogP contribution in [0.2, 0.25) is 0 Å². The number of rotatable bonds is 4. The maximum absolute atomic E-state index is 12.7. The van der Waals surface area contributed by atoms with Gasteiger partial charge in [0.15, 0.2) is 5.13 Å². The number of nitrogens with one attached hydrogen (secondary N) is 2. The van der Waals surface area contributed by atoms with Gasteiger partial charge in [-0.15, -0.1) is 11.3 Å². The van der Waals surface area contributed by atoms with Crippen LogP contribution in [-0.4, -0.2) is 42.9 Å². The molecule has 2 N–H and O–H groups in total. The van der Waals surface area contributed by atoms with Crippen molar-refractivity contribution in [2.75, 3.05) is 18.4 Å². The molecule has 2 heterocycles. The van der Waals surface area contributed by atoms with Crippen molar-refractivity contribution < 1.29 is 13.2 Å². The van der Waals surface area contributed by atoms with Crippen LogP contribution in [0.4, 0.5) is 9.93 Å². The molecule has 0 atom stereocenters. The first-order chi connectivity index (χ1) is 12.3. The Morgan fingerprint density at radius 3 is 2.42 bits per heavy atom. The Labute approximate surface area is 157 Å². The quantitative estimate of drug-likeness (QED) is 0.834. The van der Waals surface area contributed by atoms with E-state index in [2.05, 4.69) is 15.6 Å². The molecule has 9 heteroatoms. The summed E-state index contributed by atoms with van der Waals surface area (Å²) >= 11 is 1.37. The number of urea groups is 1. The Kier molecular flexibility index (Phi) is 5.59. The third-order valence-electron chi connectivity index (χ3n) is 4.29. The fourth-order valence-corrected chi connectivity index (χ4v) is 4.98. The first-order valence-corrected chi connectivity index (χ1v) is 10.7. The van der Waals surface area contributed by atoms with E-state index < -0.39 is 10.0 Å². The molecule has 1 saturated heterocycles. The second-order valence-corrected chi connectivity index (χ2v) is 9.18. The third kappa shape index (κ3) is 4.40. The smallest absolute Gasteiger partial charge is 0.321 e. The van der Waals surface area contributed by atoms with Gasteiger partial charge < -0.3 is 5.32 Å². The van der Waals surface area contributed by atoms with Crippen molar-refractivity contribution in [2.24, 2.45) is 0 Å². The van der Waals surface area contributed by atoms with Gasteiger partial charge in [0.2, 0.25) is 10.0 Å². The molecule has 0 spiro atoms. The number of nitrogens with zero attached hydrogens (tertiary/aromatic N) is 2. The van der Waals surface area contributed by atoms with Gasteiger partial charge in [0.1, 0.15) is 0 Å². The number of amides is 2. The van der Waals surface area contributed by atoms with E-state index in [1.54, 1.807) is 24.3 Å². The highest BCUT2D eigenvalue weighted by Crippen LogP contribution is 2.21. The minimum atomic E-state index is -3.48. The minimum absolute atomic E-state index is 0.0551. The highest BCUT2D eigenvalue weighted by Gasteiger charge is 2.29. The first-order valence-electron chi connectivity index (χ1n) is 8.41. The zero-order valence-corrected chi connectivity index (χ0v) is 16.4. The number of hydrogen-bond acceptors (Lipinski definition) is 5. The number of carbonyl (C=O) groups is 1. The molecule has 2 aromatic rings. The zero-order chi connectivity index (χ0) is 18.7. The molecular weight excluding hydrogens is 372 g/mol. The van der Waals surface area contributed by atoms with Crippen molar-refractivity contribution in [1.82, 2.24) is 14.6 Å². The molecule has 1 aliphatic heterocycles. The lowest BCUT2D eigenvalue weighted by atomic mass is 10.1. The van der Waals surface area contributed by atoms with Crippen molar-refractivity contribution in [1.29, 1.82) is 0 Å². The van der Waals surface area contributed by atoms with Gasteiger partial charge in [-0.25, -0.2) is 18.2 Å².